The van der Waals surface area contributed by atoms with Gasteiger partial charge >= 0.3 is 0 Å². The van der Waals surface area contributed by atoms with Crippen LogP contribution in [-0.2, 0) is 38.1 Å². The van der Waals surface area contributed by atoms with E-state index in [0.29, 0.717) is 52.9 Å². The highest BCUT2D eigenvalue weighted by Crippen LogP contribution is 1.94. The second kappa shape index (κ2) is 21.2. The van der Waals surface area contributed by atoms with Crippen molar-refractivity contribution in [1.29, 1.82) is 0 Å². The van der Waals surface area contributed by atoms with Gasteiger partial charge in [-0.3, -0.25) is 14.4 Å². The Labute approximate surface area is 189 Å². The molecular formula is C21H39FN2O8. The van der Waals surface area contributed by atoms with Gasteiger partial charge in [0, 0.05) is 18.9 Å². The third kappa shape index (κ3) is 19.1. The summed E-state index contributed by atoms with van der Waals surface area (Å²) in [6, 6.07) is 0. The number of nitrogens with one attached hydrogen (secondary N) is 2. The van der Waals surface area contributed by atoms with Gasteiger partial charge in [0.15, 0.2) is 12.0 Å². The molecule has 10 nitrogen and oxygen atoms in total. The summed E-state index contributed by atoms with van der Waals surface area (Å²) >= 11 is 0. The minimum Gasteiger partial charge on any atom is -0.377 e. The topological polar surface area (TPSA) is 121 Å². The van der Waals surface area contributed by atoms with E-state index in [1.165, 1.54) is 0 Å². The summed E-state index contributed by atoms with van der Waals surface area (Å²) in [6.45, 7) is 8.68. The standard InChI is InChI=1S/C21H39FN2O8/c1-4-20(26)24-15-18(22)21(27)23-5-6-28-7-8-29-9-10-30-11-12-31-13-14-32-16-19(25)17(2)3/h17-18H,4-16H2,1-3H3,(H,23,27)(H,24,26). The van der Waals surface area contributed by atoms with Crippen LogP contribution in [0.4, 0.5) is 4.39 Å². The molecule has 0 aromatic carbocycles. The van der Waals surface area contributed by atoms with Gasteiger partial charge in [0.25, 0.3) is 5.91 Å². The predicted molar refractivity (Wildman–Crippen MR) is 115 cm³/mol. The Bertz CT molecular complexity index is 508. The van der Waals surface area contributed by atoms with E-state index in [0.717, 1.165) is 0 Å². The zero-order valence-corrected chi connectivity index (χ0v) is 19.5. The minimum absolute atomic E-state index is 0.0194. The molecule has 0 aliphatic heterocycles. The smallest absolute Gasteiger partial charge is 0.256 e. The quantitative estimate of drug-likeness (QED) is 0.218. The second-order valence-corrected chi connectivity index (χ2v) is 7.04. The van der Waals surface area contributed by atoms with E-state index in [1.807, 2.05) is 13.8 Å². The number of ketones is 1. The molecule has 2 N–H and O–H groups in total. The molecule has 0 saturated heterocycles. The molecule has 0 aliphatic carbocycles. The molecule has 0 aliphatic rings. The number of carbonyl (C=O) groups excluding carboxylic acids is 3. The Morgan fingerprint density at radius 3 is 1.69 bits per heavy atom. The fourth-order valence-electron chi connectivity index (χ4n) is 2.00. The highest BCUT2D eigenvalue weighted by Gasteiger charge is 2.17. The second-order valence-electron chi connectivity index (χ2n) is 7.04. The number of Topliss-reactive ketones (excluding diaryl/α,β-unsaturated/α-hetero) is 1. The summed E-state index contributed by atoms with van der Waals surface area (Å²) in [5.41, 5.74) is 0. The van der Waals surface area contributed by atoms with E-state index >= 15 is 0 Å². The molecule has 2 amide bonds. The first-order valence-corrected chi connectivity index (χ1v) is 11.0. The Morgan fingerprint density at radius 1 is 0.750 bits per heavy atom. The number of halogens is 1. The Morgan fingerprint density at radius 2 is 1.22 bits per heavy atom. The maximum atomic E-state index is 13.5. The lowest BCUT2D eigenvalue weighted by Crippen LogP contribution is -2.41. The van der Waals surface area contributed by atoms with Gasteiger partial charge in [-0.15, -0.1) is 0 Å². The van der Waals surface area contributed by atoms with Crippen molar-refractivity contribution in [3.63, 3.8) is 0 Å². The van der Waals surface area contributed by atoms with Gasteiger partial charge in [-0.1, -0.05) is 20.8 Å². The van der Waals surface area contributed by atoms with Gasteiger partial charge in [0.05, 0.1) is 66.0 Å². The Hall–Kier alpha value is -1.66. The number of carbonyl (C=O) groups is 3. The summed E-state index contributed by atoms with van der Waals surface area (Å²) in [7, 11) is 0. The summed E-state index contributed by atoms with van der Waals surface area (Å²) in [4.78, 5) is 33.8. The molecule has 0 saturated carbocycles. The van der Waals surface area contributed by atoms with Gasteiger partial charge in [-0.25, -0.2) is 4.39 Å². The van der Waals surface area contributed by atoms with Crippen molar-refractivity contribution in [2.45, 2.75) is 33.4 Å². The van der Waals surface area contributed by atoms with Crippen LogP contribution in [0.25, 0.3) is 0 Å². The van der Waals surface area contributed by atoms with Crippen molar-refractivity contribution in [1.82, 2.24) is 10.6 Å². The molecule has 0 aromatic heterocycles. The molecule has 0 radical (unpaired) electrons. The van der Waals surface area contributed by atoms with E-state index in [-0.39, 0.29) is 50.3 Å². The molecule has 11 heteroatoms. The van der Waals surface area contributed by atoms with E-state index in [9.17, 15) is 18.8 Å². The lowest BCUT2D eigenvalue weighted by atomic mass is 10.1. The first kappa shape index (κ1) is 30.3. The monoisotopic (exact) mass is 466 g/mol. The fraction of sp³-hybridized carbons (Fsp3) is 0.857. The molecular weight excluding hydrogens is 427 g/mol. The summed E-state index contributed by atoms with van der Waals surface area (Å²) in [5.74, 6) is -1.03. The lowest BCUT2D eigenvalue weighted by molar-refractivity contribution is -0.127. The largest absolute Gasteiger partial charge is 0.377 e. The number of hydrogen-bond donors (Lipinski definition) is 2. The van der Waals surface area contributed by atoms with Crippen LogP contribution in [0.5, 0.6) is 0 Å². The van der Waals surface area contributed by atoms with Crippen LogP contribution in [0, 0.1) is 5.92 Å². The maximum absolute atomic E-state index is 13.5. The fourth-order valence-corrected chi connectivity index (χ4v) is 2.00. The average molecular weight is 467 g/mol. The summed E-state index contributed by atoms with van der Waals surface area (Å²) in [5, 5.41) is 4.72. The zero-order valence-electron chi connectivity index (χ0n) is 19.5. The number of alkyl halides is 1. The van der Waals surface area contributed by atoms with E-state index in [2.05, 4.69) is 10.6 Å². The first-order chi connectivity index (χ1) is 15.4. The van der Waals surface area contributed by atoms with Crippen LogP contribution in [0.1, 0.15) is 27.2 Å². The third-order valence-corrected chi connectivity index (χ3v) is 4.01. The van der Waals surface area contributed by atoms with Crippen LogP contribution >= 0.6 is 0 Å². The van der Waals surface area contributed by atoms with Gasteiger partial charge in [0.1, 0.15) is 6.61 Å². The van der Waals surface area contributed by atoms with Crippen LogP contribution in [0.2, 0.25) is 0 Å². The van der Waals surface area contributed by atoms with Crippen LogP contribution in [-0.4, -0.2) is 103 Å². The molecule has 1 atom stereocenters. The number of rotatable bonds is 22. The van der Waals surface area contributed by atoms with Crippen molar-refractivity contribution in [2.75, 3.05) is 79.2 Å². The van der Waals surface area contributed by atoms with Crippen molar-refractivity contribution in [3.05, 3.63) is 0 Å². The number of ether oxygens (including phenoxy) is 5. The molecule has 0 spiro atoms. The summed E-state index contributed by atoms with van der Waals surface area (Å²) < 4.78 is 40.0. The van der Waals surface area contributed by atoms with Gasteiger partial charge < -0.3 is 34.3 Å². The average Bonchev–Trinajstić information content (AvgIpc) is 2.78. The van der Waals surface area contributed by atoms with Gasteiger partial charge in [-0.2, -0.15) is 0 Å². The first-order valence-electron chi connectivity index (χ1n) is 11.0. The van der Waals surface area contributed by atoms with E-state index < -0.39 is 12.1 Å². The maximum Gasteiger partial charge on any atom is 0.256 e. The van der Waals surface area contributed by atoms with E-state index in [4.69, 9.17) is 23.7 Å². The molecule has 0 rings (SSSR count). The van der Waals surface area contributed by atoms with Gasteiger partial charge in [-0.05, 0) is 0 Å². The SMILES string of the molecule is CCC(=O)NCC(F)C(=O)NCCOCCOCCOCCOCCOCC(=O)C(C)C. The van der Waals surface area contributed by atoms with Crippen LogP contribution < -0.4 is 10.6 Å². The van der Waals surface area contributed by atoms with Crippen LogP contribution in [0.15, 0.2) is 0 Å². The number of hydrogen-bond acceptors (Lipinski definition) is 8. The highest BCUT2D eigenvalue weighted by molar-refractivity contribution is 5.82. The van der Waals surface area contributed by atoms with Gasteiger partial charge in [0.2, 0.25) is 5.91 Å². The molecule has 0 fully saturated rings. The predicted octanol–water partition coefficient (Wildman–Crippen LogP) is 0.275. The zero-order chi connectivity index (χ0) is 24.0. The molecule has 188 valence electrons. The normalized spacial score (nSPS) is 12.0. The van der Waals surface area contributed by atoms with Crippen LogP contribution in [0.3, 0.4) is 0 Å². The molecule has 0 heterocycles. The Kier molecular flexibility index (Phi) is 20.1. The lowest BCUT2D eigenvalue weighted by Gasteiger charge is -2.11. The minimum atomic E-state index is -1.78. The Balaban J connectivity index is 3.29. The molecule has 1 unspecified atom stereocenters. The molecule has 32 heavy (non-hydrogen) atoms. The van der Waals surface area contributed by atoms with E-state index in [1.54, 1.807) is 6.92 Å². The molecule has 0 bridgehead atoms. The van der Waals surface area contributed by atoms with Crippen molar-refractivity contribution in [3.8, 4) is 0 Å². The van der Waals surface area contributed by atoms with Crippen molar-refractivity contribution < 1.29 is 42.5 Å². The number of amides is 2. The van der Waals surface area contributed by atoms with Crippen molar-refractivity contribution in [2.24, 2.45) is 5.92 Å². The summed E-state index contributed by atoms with van der Waals surface area (Å²) in [6.07, 6.45) is -1.54. The van der Waals surface area contributed by atoms with Crippen molar-refractivity contribution >= 4 is 17.6 Å². The highest BCUT2D eigenvalue weighted by atomic mass is 19.1. The molecule has 0 aromatic rings. The third-order valence-electron chi connectivity index (χ3n) is 4.01.